The van der Waals surface area contributed by atoms with Gasteiger partial charge in [-0.15, -0.1) is 0 Å². The van der Waals surface area contributed by atoms with Gasteiger partial charge in [0.15, 0.2) is 0 Å². The maximum atomic E-state index is 3.07. The quantitative estimate of drug-likeness (QED) is 0.446. The Labute approximate surface area is 174 Å². The molecule has 4 saturated carbocycles. The second-order valence-electron chi connectivity index (χ2n) is 13.1. The van der Waals surface area contributed by atoms with E-state index in [9.17, 15) is 0 Å². The van der Waals surface area contributed by atoms with Crippen LogP contribution in [0, 0.1) is 52.3 Å². The zero-order valence-electron chi connectivity index (χ0n) is 19.1. The molecule has 6 rings (SSSR count). The summed E-state index contributed by atoms with van der Waals surface area (Å²) >= 11 is 0. The van der Waals surface area contributed by atoms with Gasteiger partial charge < -0.3 is 0 Å². The van der Waals surface area contributed by atoms with Gasteiger partial charge in [-0.25, -0.2) is 0 Å². The van der Waals surface area contributed by atoms with Gasteiger partial charge in [-0.1, -0.05) is 40.5 Å². The van der Waals surface area contributed by atoms with Gasteiger partial charge in [0.2, 0.25) is 0 Å². The smallest absolute Gasteiger partial charge is 0.0138 e. The SMILES string of the molecule is C[C@H]1CC[C@@H]2[C@@H](C)[C@H]3[C@H](C[C@H]4[C@@H]5CC[C@H]6CCCC[C@]6(C)[C@H]5CC[C@]34C)N2C1. The number of fused-ring (bicyclic) bond motifs is 9. The molecule has 6 aliphatic rings. The molecule has 0 spiro atoms. The lowest BCUT2D eigenvalue weighted by Gasteiger charge is -2.60. The van der Waals surface area contributed by atoms with E-state index in [4.69, 9.17) is 0 Å². The predicted molar refractivity (Wildman–Crippen MR) is 117 cm³/mol. The lowest BCUT2D eigenvalue weighted by Crippen LogP contribution is -2.53. The third-order valence-corrected chi connectivity index (χ3v) is 12.2. The van der Waals surface area contributed by atoms with Crippen molar-refractivity contribution in [3.63, 3.8) is 0 Å². The molecular weight excluding hydrogens is 338 g/mol. The minimum absolute atomic E-state index is 0.656. The highest BCUT2D eigenvalue weighted by Crippen LogP contribution is 2.70. The van der Waals surface area contributed by atoms with Gasteiger partial charge >= 0.3 is 0 Å². The van der Waals surface area contributed by atoms with Crippen molar-refractivity contribution in [1.29, 1.82) is 0 Å². The van der Waals surface area contributed by atoms with E-state index >= 15 is 0 Å². The first kappa shape index (κ1) is 18.7. The van der Waals surface area contributed by atoms with E-state index < -0.39 is 0 Å². The van der Waals surface area contributed by atoms with Crippen molar-refractivity contribution in [2.75, 3.05) is 6.54 Å². The molecule has 1 heteroatoms. The Bertz CT molecular complexity index is 628. The zero-order chi connectivity index (χ0) is 19.3. The molecule has 1 nitrogen and oxygen atoms in total. The highest BCUT2D eigenvalue weighted by molar-refractivity contribution is 5.17. The average molecular weight is 384 g/mol. The van der Waals surface area contributed by atoms with Gasteiger partial charge in [0.05, 0.1) is 0 Å². The lowest BCUT2D eigenvalue weighted by molar-refractivity contribution is -0.114. The van der Waals surface area contributed by atoms with Crippen LogP contribution in [0.25, 0.3) is 0 Å². The van der Waals surface area contributed by atoms with Crippen LogP contribution in [0.5, 0.6) is 0 Å². The third kappa shape index (κ3) is 2.29. The molecule has 2 heterocycles. The summed E-state index contributed by atoms with van der Waals surface area (Å²) in [5.41, 5.74) is 1.36. The zero-order valence-corrected chi connectivity index (χ0v) is 19.1. The van der Waals surface area contributed by atoms with Crippen molar-refractivity contribution in [2.45, 2.75) is 110 Å². The Morgan fingerprint density at radius 2 is 1.61 bits per heavy atom. The van der Waals surface area contributed by atoms with E-state index in [0.29, 0.717) is 10.8 Å². The Balaban J connectivity index is 1.32. The highest BCUT2D eigenvalue weighted by atomic mass is 15.2. The van der Waals surface area contributed by atoms with Crippen molar-refractivity contribution >= 4 is 0 Å². The Kier molecular flexibility index (Phi) is 4.17. The Morgan fingerprint density at radius 1 is 0.750 bits per heavy atom. The molecule has 11 atom stereocenters. The minimum atomic E-state index is 0.656. The molecule has 6 fully saturated rings. The monoisotopic (exact) mass is 383 g/mol. The fourth-order valence-corrected chi connectivity index (χ4v) is 11.0. The van der Waals surface area contributed by atoms with E-state index in [0.717, 1.165) is 53.5 Å². The van der Waals surface area contributed by atoms with Crippen molar-refractivity contribution in [3.05, 3.63) is 0 Å². The summed E-state index contributed by atoms with van der Waals surface area (Å²) in [5.74, 6) is 7.13. The molecule has 0 radical (unpaired) electrons. The molecule has 2 aliphatic heterocycles. The standard InChI is InChI=1S/C27H45N/c1-17-8-11-23-18(2)25-24(28(23)16-17)15-22-20-10-9-19-7-5-6-13-26(19,3)21(20)12-14-27(22,25)4/h17-25H,5-16H2,1-4H3/t17-,18+,19+,20+,21-,22-,23+,24-,25-,26-,27-/m0/s1. The molecule has 0 aromatic carbocycles. The number of hydrogen-bond donors (Lipinski definition) is 0. The summed E-state index contributed by atoms with van der Waals surface area (Å²) < 4.78 is 0. The first-order valence-corrected chi connectivity index (χ1v) is 13.2. The molecule has 0 bridgehead atoms. The fraction of sp³-hybridized carbons (Fsp3) is 1.00. The summed E-state index contributed by atoms with van der Waals surface area (Å²) in [7, 11) is 0. The summed E-state index contributed by atoms with van der Waals surface area (Å²) in [6.45, 7) is 12.1. The largest absolute Gasteiger partial charge is 0.297 e. The molecule has 0 aromatic rings. The fourth-order valence-electron chi connectivity index (χ4n) is 11.0. The van der Waals surface area contributed by atoms with Crippen LogP contribution in [0.3, 0.4) is 0 Å². The van der Waals surface area contributed by atoms with Gasteiger partial charge in [-0.3, -0.25) is 4.90 Å². The number of nitrogens with zero attached hydrogens (tertiary/aromatic N) is 1. The molecule has 28 heavy (non-hydrogen) atoms. The van der Waals surface area contributed by atoms with Crippen LogP contribution >= 0.6 is 0 Å². The van der Waals surface area contributed by atoms with Gasteiger partial charge in [0, 0.05) is 18.6 Å². The molecule has 0 unspecified atom stereocenters. The normalized spacial score (nSPS) is 61.1. The maximum Gasteiger partial charge on any atom is 0.0138 e. The molecule has 158 valence electrons. The van der Waals surface area contributed by atoms with E-state index in [2.05, 4.69) is 32.6 Å². The van der Waals surface area contributed by atoms with Gasteiger partial charge in [0.25, 0.3) is 0 Å². The Morgan fingerprint density at radius 3 is 2.46 bits per heavy atom. The molecule has 4 aliphatic carbocycles. The van der Waals surface area contributed by atoms with Crippen molar-refractivity contribution in [2.24, 2.45) is 52.3 Å². The van der Waals surface area contributed by atoms with Crippen molar-refractivity contribution < 1.29 is 0 Å². The lowest BCUT2D eigenvalue weighted by atomic mass is 9.44. The minimum Gasteiger partial charge on any atom is -0.297 e. The molecule has 0 aromatic heterocycles. The van der Waals surface area contributed by atoms with Crippen LogP contribution in [-0.4, -0.2) is 23.5 Å². The van der Waals surface area contributed by atoms with E-state index in [-0.39, 0.29) is 0 Å². The van der Waals surface area contributed by atoms with Crippen molar-refractivity contribution in [1.82, 2.24) is 4.90 Å². The van der Waals surface area contributed by atoms with Crippen LogP contribution in [0.15, 0.2) is 0 Å². The maximum absolute atomic E-state index is 3.07. The summed E-state index contributed by atoms with van der Waals surface area (Å²) in [6.07, 6.45) is 17.0. The van der Waals surface area contributed by atoms with Crippen LogP contribution < -0.4 is 0 Å². The van der Waals surface area contributed by atoms with Crippen LogP contribution in [-0.2, 0) is 0 Å². The van der Waals surface area contributed by atoms with Gasteiger partial charge in [0.1, 0.15) is 0 Å². The molecule has 0 amide bonds. The molecule has 2 saturated heterocycles. The second kappa shape index (κ2) is 6.24. The topological polar surface area (TPSA) is 3.24 Å². The molecule has 0 N–H and O–H groups in total. The number of hydrogen-bond acceptors (Lipinski definition) is 1. The first-order valence-electron chi connectivity index (χ1n) is 13.2. The van der Waals surface area contributed by atoms with E-state index in [1.807, 2.05) is 0 Å². The van der Waals surface area contributed by atoms with Gasteiger partial charge in [-0.05, 0) is 110 Å². The number of piperidine rings is 1. The number of rotatable bonds is 0. The molecular formula is C27H45N. The average Bonchev–Trinajstić information content (AvgIpc) is 3.14. The summed E-state index contributed by atoms with van der Waals surface area (Å²) in [5, 5.41) is 0. The van der Waals surface area contributed by atoms with E-state index in [1.54, 1.807) is 44.9 Å². The Hall–Kier alpha value is -0.0400. The summed E-state index contributed by atoms with van der Waals surface area (Å²) in [4.78, 5) is 3.07. The predicted octanol–water partition coefficient (Wildman–Crippen LogP) is 6.76. The third-order valence-electron chi connectivity index (χ3n) is 12.2. The van der Waals surface area contributed by atoms with E-state index in [1.165, 1.54) is 32.2 Å². The first-order chi connectivity index (χ1) is 13.4. The highest BCUT2D eigenvalue weighted by Gasteiger charge is 2.66. The van der Waals surface area contributed by atoms with Gasteiger partial charge in [-0.2, -0.15) is 0 Å². The van der Waals surface area contributed by atoms with Crippen LogP contribution in [0.1, 0.15) is 98.3 Å². The second-order valence-corrected chi connectivity index (χ2v) is 13.1. The van der Waals surface area contributed by atoms with Crippen molar-refractivity contribution in [3.8, 4) is 0 Å². The summed E-state index contributed by atoms with van der Waals surface area (Å²) in [6, 6.07) is 1.86. The van der Waals surface area contributed by atoms with Crippen LogP contribution in [0.4, 0.5) is 0 Å². The van der Waals surface area contributed by atoms with Crippen LogP contribution in [0.2, 0.25) is 0 Å².